The van der Waals surface area contributed by atoms with Crippen LogP contribution in [0.2, 0.25) is 0 Å². The molecule has 0 saturated carbocycles. The summed E-state index contributed by atoms with van der Waals surface area (Å²) in [6.45, 7) is 3.34. The Bertz CT molecular complexity index is 308. The molecule has 1 fully saturated rings. The van der Waals surface area contributed by atoms with E-state index in [2.05, 4.69) is 10.6 Å². The highest BCUT2D eigenvalue weighted by molar-refractivity contribution is 5.87. The van der Waals surface area contributed by atoms with Gasteiger partial charge in [-0.15, -0.1) is 0 Å². The Hall–Kier alpha value is -1.14. The predicted octanol–water partition coefficient (Wildman–Crippen LogP) is 0.108. The molecule has 0 aliphatic carbocycles. The number of carbonyl (C=O) groups is 2. The largest absolute Gasteiger partial charge is 0.480 e. The van der Waals surface area contributed by atoms with Crippen LogP contribution in [-0.4, -0.2) is 47.8 Å². The summed E-state index contributed by atoms with van der Waals surface area (Å²) in [4.78, 5) is 23.4. The monoisotopic (exact) mass is 272 g/mol. The van der Waals surface area contributed by atoms with Crippen LogP contribution in [0.5, 0.6) is 0 Å². The second kappa shape index (κ2) is 7.45. The van der Waals surface area contributed by atoms with Crippen molar-refractivity contribution in [2.75, 3.05) is 19.7 Å². The molecule has 1 aliphatic heterocycles. The summed E-state index contributed by atoms with van der Waals surface area (Å²) in [5, 5.41) is 23.7. The Balaban J connectivity index is 2.73. The van der Waals surface area contributed by atoms with Crippen LogP contribution in [0, 0.1) is 5.41 Å². The van der Waals surface area contributed by atoms with Crippen molar-refractivity contribution in [3.05, 3.63) is 0 Å². The average molecular weight is 272 g/mol. The van der Waals surface area contributed by atoms with Gasteiger partial charge in [0.15, 0.2) is 0 Å². The first-order chi connectivity index (χ1) is 9.05. The molecule has 0 aromatic rings. The highest BCUT2D eigenvalue weighted by Crippen LogP contribution is 2.34. The molecular weight excluding hydrogens is 248 g/mol. The summed E-state index contributed by atoms with van der Waals surface area (Å²) in [5.41, 5.74) is -0.455. The van der Waals surface area contributed by atoms with Crippen LogP contribution >= 0.6 is 0 Å². The highest BCUT2D eigenvalue weighted by Gasteiger charge is 2.39. The summed E-state index contributed by atoms with van der Waals surface area (Å²) in [5.74, 6) is -1.28. The quantitative estimate of drug-likeness (QED) is 0.527. The van der Waals surface area contributed by atoms with Gasteiger partial charge in [-0.25, -0.2) is 4.79 Å². The number of aliphatic hydroxyl groups excluding tert-OH is 1. The molecule has 1 rings (SSSR count). The average Bonchev–Trinajstić information content (AvgIpc) is 2.39. The molecule has 1 aliphatic rings. The van der Waals surface area contributed by atoms with Crippen molar-refractivity contribution < 1.29 is 19.8 Å². The van der Waals surface area contributed by atoms with Crippen LogP contribution in [0.3, 0.4) is 0 Å². The van der Waals surface area contributed by atoms with Crippen LogP contribution < -0.4 is 10.6 Å². The normalized spacial score (nSPS) is 19.7. The summed E-state index contributed by atoms with van der Waals surface area (Å²) in [7, 11) is 0. The van der Waals surface area contributed by atoms with Crippen molar-refractivity contribution in [1.29, 1.82) is 0 Å². The molecule has 0 aromatic carbocycles. The van der Waals surface area contributed by atoms with E-state index in [9.17, 15) is 9.59 Å². The number of hydrogen-bond acceptors (Lipinski definition) is 4. The number of carboxylic acids is 1. The number of amides is 1. The zero-order valence-corrected chi connectivity index (χ0v) is 11.4. The Kier molecular flexibility index (Phi) is 6.24. The van der Waals surface area contributed by atoms with Crippen LogP contribution in [-0.2, 0) is 9.59 Å². The minimum absolute atomic E-state index is 0.0432. The molecule has 1 unspecified atom stereocenters. The summed E-state index contributed by atoms with van der Waals surface area (Å²) in [6, 6.07) is -0.999. The van der Waals surface area contributed by atoms with E-state index in [1.165, 1.54) is 0 Å². The number of nitrogens with one attached hydrogen (secondary N) is 2. The lowest BCUT2D eigenvalue weighted by molar-refractivity contribution is -0.145. The van der Waals surface area contributed by atoms with Gasteiger partial charge in [-0.3, -0.25) is 4.79 Å². The van der Waals surface area contributed by atoms with E-state index in [4.69, 9.17) is 10.2 Å². The van der Waals surface area contributed by atoms with E-state index >= 15 is 0 Å². The topological polar surface area (TPSA) is 98.7 Å². The molecule has 0 radical (unpaired) electrons. The van der Waals surface area contributed by atoms with Gasteiger partial charge in [0.1, 0.15) is 6.04 Å². The van der Waals surface area contributed by atoms with Crippen molar-refractivity contribution in [2.24, 2.45) is 5.41 Å². The van der Waals surface area contributed by atoms with Gasteiger partial charge < -0.3 is 20.8 Å². The maximum absolute atomic E-state index is 12.4. The lowest BCUT2D eigenvalue weighted by Crippen LogP contribution is -2.52. The molecule has 0 aromatic heterocycles. The molecule has 6 heteroatoms. The fraction of sp³-hybridized carbons (Fsp3) is 0.846. The van der Waals surface area contributed by atoms with Crippen LogP contribution in [0.15, 0.2) is 0 Å². The number of hydrogen-bond donors (Lipinski definition) is 4. The van der Waals surface area contributed by atoms with Gasteiger partial charge in [0, 0.05) is 13.0 Å². The molecule has 6 nitrogen and oxygen atoms in total. The Morgan fingerprint density at radius 3 is 2.47 bits per heavy atom. The minimum atomic E-state index is -1.09. The third-order valence-electron chi connectivity index (χ3n) is 3.79. The SMILES string of the molecule is CCCC1(C(=O)NC(CCO)C(=O)O)CCNCC1. The summed E-state index contributed by atoms with van der Waals surface area (Å²) < 4.78 is 0. The van der Waals surface area contributed by atoms with Crippen LogP contribution in [0.25, 0.3) is 0 Å². The summed E-state index contributed by atoms with van der Waals surface area (Å²) >= 11 is 0. The first-order valence-corrected chi connectivity index (χ1v) is 6.91. The Morgan fingerprint density at radius 1 is 1.37 bits per heavy atom. The molecule has 1 atom stereocenters. The lowest BCUT2D eigenvalue weighted by atomic mass is 9.74. The minimum Gasteiger partial charge on any atom is -0.480 e. The van der Waals surface area contributed by atoms with Crippen molar-refractivity contribution in [1.82, 2.24) is 10.6 Å². The first kappa shape index (κ1) is 15.9. The van der Waals surface area contributed by atoms with Crippen LogP contribution in [0.4, 0.5) is 0 Å². The number of piperidine rings is 1. The number of aliphatic carboxylic acids is 1. The van der Waals surface area contributed by atoms with Gasteiger partial charge in [0.05, 0.1) is 5.41 Å². The van der Waals surface area contributed by atoms with Crippen LogP contribution in [0.1, 0.15) is 39.0 Å². The molecule has 1 saturated heterocycles. The fourth-order valence-electron chi connectivity index (χ4n) is 2.67. The first-order valence-electron chi connectivity index (χ1n) is 6.91. The smallest absolute Gasteiger partial charge is 0.326 e. The zero-order chi connectivity index (χ0) is 14.3. The van der Waals surface area contributed by atoms with E-state index in [1.54, 1.807) is 0 Å². The molecular formula is C13H24N2O4. The van der Waals surface area contributed by atoms with E-state index in [1.807, 2.05) is 6.92 Å². The molecule has 4 N–H and O–H groups in total. The van der Waals surface area contributed by atoms with Gasteiger partial charge in [0.25, 0.3) is 0 Å². The van der Waals surface area contributed by atoms with E-state index in [0.29, 0.717) is 0 Å². The van der Waals surface area contributed by atoms with Crippen molar-refractivity contribution in [2.45, 2.75) is 45.1 Å². The second-order valence-electron chi connectivity index (χ2n) is 5.16. The number of rotatable bonds is 7. The zero-order valence-electron chi connectivity index (χ0n) is 11.4. The van der Waals surface area contributed by atoms with Crippen molar-refractivity contribution in [3.8, 4) is 0 Å². The van der Waals surface area contributed by atoms with E-state index in [-0.39, 0.29) is 18.9 Å². The van der Waals surface area contributed by atoms with Gasteiger partial charge >= 0.3 is 5.97 Å². The maximum atomic E-state index is 12.4. The molecule has 19 heavy (non-hydrogen) atoms. The molecule has 1 amide bonds. The number of aliphatic hydroxyl groups is 1. The fourth-order valence-corrected chi connectivity index (χ4v) is 2.67. The van der Waals surface area contributed by atoms with Gasteiger partial charge in [-0.05, 0) is 32.4 Å². The maximum Gasteiger partial charge on any atom is 0.326 e. The standard InChI is InChI=1S/C13H24N2O4/c1-2-4-13(5-7-14-8-6-13)12(19)15-10(3-9-16)11(17)18/h10,14,16H,2-9H2,1H3,(H,15,19)(H,17,18). The van der Waals surface area contributed by atoms with Gasteiger partial charge in [0.2, 0.25) is 5.91 Å². The van der Waals surface area contributed by atoms with Gasteiger partial charge in [-0.1, -0.05) is 13.3 Å². The molecule has 0 bridgehead atoms. The van der Waals surface area contributed by atoms with Gasteiger partial charge in [-0.2, -0.15) is 0 Å². The van der Waals surface area contributed by atoms with Crippen molar-refractivity contribution >= 4 is 11.9 Å². The van der Waals surface area contributed by atoms with Crippen molar-refractivity contribution in [3.63, 3.8) is 0 Å². The second-order valence-corrected chi connectivity index (χ2v) is 5.16. The number of carbonyl (C=O) groups excluding carboxylic acids is 1. The summed E-state index contributed by atoms with van der Waals surface area (Å²) in [6.07, 6.45) is 3.18. The third-order valence-corrected chi connectivity index (χ3v) is 3.79. The Labute approximate surface area is 113 Å². The van der Waals surface area contributed by atoms with E-state index < -0.39 is 17.4 Å². The number of carboxylic acid groups (broad SMARTS) is 1. The lowest BCUT2D eigenvalue weighted by Gasteiger charge is -2.36. The molecule has 0 spiro atoms. The Morgan fingerprint density at radius 2 is 2.00 bits per heavy atom. The highest BCUT2D eigenvalue weighted by atomic mass is 16.4. The molecule has 1 heterocycles. The predicted molar refractivity (Wildman–Crippen MR) is 70.7 cm³/mol. The molecule has 110 valence electrons. The van der Waals surface area contributed by atoms with E-state index in [0.717, 1.165) is 38.8 Å². The third kappa shape index (κ3) is 4.18.